The van der Waals surface area contributed by atoms with Gasteiger partial charge in [0, 0.05) is 29.3 Å². The van der Waals surface area contributed by atoms with Gasteiger partial charge in [-0.05, 0) is 84.1 Å². The first-order valence-electron chi connectivity index (χ1n) is 12.8. The van der Waals surface area contributed by atoms with Crippen LogP contribution in [-0.4, -0.2) is 25.0 Å². The van der Waals surface area contributed by atoms with Gasteiger partial charge in [-0.15, -0.1) is 0 Å². The van der Waals surface area contributed by atoms with Crippen LogP contribution in [0.4, 0.5) is 0 Å². The Morgan fingerprint density at radius 2 is 1.75 bits per heavy atom. The largest absolute Gasteiger partial charge is 0.496 e. The fraction of sp³-hybridized carbons (Fsp3) is 0.400. The summed E-state index contributed by atoms with van der Waals surface area (Å²) in [6.07, 6.45) is 6.23. The number of allylic oxidation sites excluding steroid dienone is 3. The molecule has 1 N–H and O–H groups in total. The smallest absolute Gasteiger partial charge is 0.337 e. The topological polar surface area (TPSA) is 64.6 Å². The van der Waals surface area contributed by atoms with Gasteiger partial charge in [0.05, 0.1) is 17.2 Å². The molecule has 0 unspecified atom stereocenters. The minimum atomic E-state index is -0.483. The Morgan fingerprint density at radius 3 is 2.44 bits per heavy atom. The van der Waals surface area contributed by atoms with Gasteiger partial charge in [-0.25, -0.2) is 4.79 Å². The van der Waals surface area contributed by atoms with E-state index in [1.165, 1.54) is 6.42 Å². The average Bonchev–Trinajstić information content (AvgIpc) is 2.88. The van der Waals surface area contributed by atoms with Crippen LogP contribution < -0.4 is 10.1 Å². The molecule has 0 saturated heterocycles. The van der Waals surface area contributed by atoms with E-state index in [1.54, 1.807) is 7.11 Å². The molecule has 0 radical (unpaired) electrons. The number of carbonyl (C=O) groups is 2. The van der Waals surface area contributed by atoms with Crippen molar-refractivity contribution in [3.05, 3.63) is 86.7 Å². The molecule has 1 fully saturated rings. The van der Waals surface area contributed by atoms with Crippen LogP contribution in [0.1, 0.15) is 74.8 Å². The van der Waals surface area contributed by atoms with Crippen molar-refractivity contribution in [3.63, 3.8) is 0 Å². The summed E-state index contributed by atoms with van der Waals surface area (Å²) >= 11 is 3.60. The van der Waals surface area contributed by atoms with E-state index >= 15 is 0 Å². The van der Waals surface area contributed by atoms with Gasteiger partial charge in [0.15, 0.2) is 5.78 Å². The van der Waals surface area contributed by atoms with Crippen molar-refractivity contribution in [1.29, 1.82) is 0 Å². The lowest BCUT2D eigenvalue weighted by Crippen LogP contribution is -2.37. The molecular formula is C30H32BrNO4. The van der Waals surface area contributed by atoms with Crippen molar-refractivity contribution in [3.8, 4) is 5.75 Å². The van der Waals surface area contributed by atoms with Gasteiger partial charge >= 0.3 is 5.97 Å². The van der Waals surface area contributed by atoms with Crippen LogP contribution in [-0.2, 0) is 14.3 Å². The molecule has 36 heavy (non-hydrogen) atoms. The number of ketones is 1. The fourth-order valence-electron chi connectivity index (χ4n) is 5.86. The molecule has 2 aromatic carbocycles. The molecule has 3 aliphatic rings. The van der Waals surface area contributed by atoms with E-state index in [9.17, 15) is 9.59 Å². The second kappa shape index (κ2) is 10.6. The van der Waals surface area contributed by atoms with E-state index in [0.717, 1.165) is 59.1 Å². The summed E-state index contributed by atoms with van der Waals surface area (Å²) in [4.78, 5) is 27.4. The van der Waals surface area contributed by atoms with Crippen molar-refractivity contribution in [2.24, 2.45) is 0 Å². The lowest BCUT2D eigenvalue weighted by Gasteiger charge is -2.37. The standard InChI is InChI=1S/C30H32BrNO4/c1-18-27(30(34)36-22-11-7-4-8-12-22)28(20-13-14-26(35-2)23(31)15-20)29-24(32-18)16-21(17-25(29)33)19-9-5-3-6-10-19/h3,5-6,9-10,13-15,21-22,28,32H,4,7-8,11-12,16-17H2,1-2H3/t21-,28+/m0/s1. The summed E-state index contributed by atoms with van der Waals surface area (Å²) in [5, 5.41) is 3.45. The zero-order valence-electron chi connectivity index (χ0n) is 20.8. The summed E-state index contributed by atoms with van der Waals surface area (Å²) in [5.41, 5.74) is 4.91. The van der Waals surface area contributed by atoms with Gasteiger partial charge in [-0.3, -0.25) is 4.79 Å². The number of rotatable bonds is 5. The highest BCUT2D eigenvalue weighted by Gasteiger charge is 2.42. The molecule has 2 aromatic rings. The first-order chi connectivity index (χ1) is 17.5. The summed E-state index contributed by atoms with van der Waals surface area (Å²) in [6.45, 7) is 1.92. The van der Waals surface area contributed by atoms with Crippen LogP contribution in [0, 0.1) is 0 Å². The Kier molecular flexibility index (Phi) is 7.33. The number of hydrogen-bond donors (Lipinski definition) is 1. The minimum Gasteiger partial charge on any atom is -0.496 e. The second-order valence-electron chi connectivity index (χ2n) is 9.99. The van der Waals surface area contributed by atoms with Crippen LogP contribution in [0.15, 0.2) is 75.5 Å². The molecule has 2 aliphatic carbocycles. The van der Waals surface area contributed by atoms with E-state index in [-0.39, 0.29) is 23.8 Å². The fourth-order valence-corrected chi connectivity index (χ4v) is 6.42. The van der Waals surface area contributed by atoms with Crippen LogP contribution in [0.5, 0.6) is 5.75 Å². The van der Waals surface area contributed by atoms with Crippen molar-refractivity contribution in [2.75, 3.05) is 7.11 Å². The molecule has 0 spiro atoms. The molecule has 5 nitrogen and oxygen atoms in total. The molecule has 0 bridgehead atoms. The number of nitrogens with one attached hydrogen (secondary N) is 1. The van der Waals surface area contributed by atoms with Gasteiger partial charge in [0.1, 0.15) is 11.9 Å². The SMILES string of the molecule is COc1ccc([C@@H]2C(C(=O)OC3CCCCC3)=C(C)NC3=C2C(=O)C[C@@H](c2ccccc2)C3)cc1Br. The number of ether oxygens (including phenoxy) is 2. The van der Waals surface area contributed by atoms with Crippen LogP contribution in [0.25, 0.3) is 0 Å². The maximum absolute atomic E-state index is 13.8. The van der Waals surface area contributed by atoms with E-state index in [4.69, 9.17) is 9.47 Å². The molecule has 1 heterocycles. The zero-order chi connectivity index (χ0) is 25.2. The Morgan fingerprint density at radius 1 is 1.00 bits per heavy atom. The van der Waals surface area contributed by atoms with Gasteiger partial charge in [-0.1, -0.05) is 42.8 Å². The minimum absolute atomic E-state index is 0.0605. The van der Waals surface area contributed by atoms with E-state index in [0.29, 0.717) is 23.3 Å². The van der Waals surface area contributed by atoms with Crippen molar-refractivity contribution >= 4 is 27.7 Å². The lowest BCUT2D eigenvalue weighted by atomic mass is 9.71. The van der Waals surface area contributed by atoms with Crippen LogP contribution >= 0.6 is 15.9 Å². The van der Waals surface area contributed by atoms with Gasteiger partial charge in [-0.2, -0.15) is 0 Å². The third-order valence-electron chi connectivity index (χ3n) is 7.65. The zero-order valence-corrected chi connectivity index (χ0v) is 22.4. The van der Waals surface area contributed by atoms with E-state index < -0.39 is 5.92 Å². The lowest BCUT2D eigenvalue weighted by molar-refractivity contribution is -0.146. The first-order valence-corrected chi connectivity index (χ1v) is 13.6. The number of methoxy groups -OCH3 is 1. The second-order valence-corrected chi connectivity index (χ2v) is 10.8. The monoisotopic (exact) mass is 549 g/mol. The highest BCUT2D eigenvalue weighted by atomic mass is 79.9. The Hall–Kier alpha value is -2.86. The number of dihydropyridines is 1. The molecule has 0 amide bonds. The molecule has 188 valence electrons. The first kappa shape index (κ1) is 24.8. The maximum atomic E-state index is 13.8. The van der Waals surface area contributed by atoms with Crippen LogP contribution in [0.3, 0.4) is 0 Å². The molecule has 0 aromatic heterocycles. The summed E-state index contributed by atoms with van der Waals surface area (Å²) in [7, 11) is 1.62. The number of benzene rings is 2. The molecular weight excluding hydrogens is 518 g/mol. The quantitative estimate of drug-likeness (QED) is 0.420. The molecule has 1 saturated carbocycles. The van der Waals surface area contributed by atoms with Gasteiger partial charge in [0.2, 0.25) is 0 Å². The predicted octanol–water partition coefficient (Wildman–Crippen LogP) is 6.70. The number of hydrogen-bond acceptors (Lipinski definition) is 5. The maximum Gasteiger partial charge on any atom is 0.337 e. The molecule has 6 heteroatoms. The third kappa shape index (κ3) is 4.88. The summed E-state index contributed by atoms with van der Waals surface area (Å²) in [5.74, 6) is 0.0759. The highest BCUT2D eigenvalue weighted by molar-refractivity contribution is 9.10. The Bertz CT molecular complexity index is 1230. The Labute approximate surface area is 221 Å². The summed E-state index contributed by atoms with van der Waals surface area (Å²) in [6, 6.07) is 16.0. The highest BCUT2D eigenvalue weighted by Crippen LogP contribution is 2.47. The van der Waals surface area contributed by atoms with Crippen LogP contribution in [0.2, 0.25) is 0 Å². The molecule has 1 aliphatic heterocycles. The third-order valence-corrected chi connectivity index (χ3v) is 8.27. The van der Waals surface area contributed by atoms with Crippen molar-refractivity contribution in [1.82, 2.24) is 5.32 Å². The average molecular weight is 550 g/mol. The molecule has 5 rings (SSSR count). The molecule has 2 atom stereocenters. The van der Waals surface area contributed by atoms with Gasteiger partial charge < -0.3 is 14.8 Å². The van der Waals surface area contributed by atoms with Crippen molar-refractivity contribution < 1.29 is 19.1 Å². The number of Topliss-reactive ketones (excluding diaryl/α,β-unsaturated/α-hetero) is 1. The van der Waals surface area contributed by atoms with E-state index in [1.807, 2.05) is 43.3 Å². The number of carbonyl (C=O) groups excluding carboxylic acids is 2. The Balaban J connectivity index is 1.55. The number of esters is 1. The van der Waals surface area contributed by atoms with E-state index in [2.05, 4.69) is 33.4 Å². The van der Waals surface area contributed by atoms with Crippen molar-refractivity contribution in [2.45, 2.75) is 69.8 Å². The predicted molar refractivity (Wildman–Crippen MR) is 143 cm³/mol. The number of halogens is 1. The van der Waals surface area contributed by atoms with Gasteiger partial charge in [0.25, 0.3) is 0 Å². The summed E-state index contributed by atoms with van der Waals surface area (Å²) < 4.78 is 12.2. The normalized spacial score (nSPS) is 22.7.